The van der Waals surface area contributed by atoms with Crippen LogP contribution in [0.1, 0.15) is 54.4 Å². The number of amides is 2. The van der Waals surface area contributed by atoms with Gasteiger partial charge in [0.1, 0.15) is 11.7 Å². The lowest BCUT2D eigenvalue weighted by atomic mass is 9.95. The highest BCUT2D eigenvalue weighted by molar-refractivity contribution is 6.31. The average molecular weight is 626 g/mol. The molecule has 0 radical (unpaired) electrons. The van der Waals surface area contributed by atoms with E-state index in [2.05, 4.69) is 20.7 Å². The van der Waals surface area contributed by atoms with Crippen molar-refractivity contribution in [2.24, 2.45) is 0 Å². The van der Waals surface area contributed by atoms with Crippen LogP contribution in [0.25, 0.3) is 28.1 Å². The minimum atomic E-state index is -0.615. The van der Waals surface area contributed by atoms with Crippen LogP contribution in [0.2, 0.25) is 5.02 Å². The van der Waals surface area contributed by atoms with E-state index < -0.39 is 6.09 Å². The Morgan fingerprint density at radius 2 is 1.98 bits per heavy atom. The van der Waals surface area contributed by atoms with Crippen molar-refractivity contribution in [1.82, 2.24) is 19.7 Å². The molecule has 0 saturated heterocycles. The van der Waals surface area contributed by atoms with Gasteiger partial charge in [-0.3, -0.25) is 10.1 Å². The highest BCUT2D eigenvalue weighted by Crippen LogP contribution is 2.36. The van der Waals surface area contributed by atoms with Crippen LogP contribution < -0.4 is 15.4 Å². The predicted octanol–water partition coefficient (Wildman–Crippen LogP) is 6.66. The van der Waals surface area contributed by atoms with Crippen molar-refractivity contribution in [3.63, 3.8) is 0 Å². The number of halogens is 1. The molecular weight excluding hydrogens is 594 g/mol. The summed E-state index contributed by atoms with van der Waals surface area (Å²) in [4.78, 5) is 33.1. The lowest BCUT2D eigenvalue weighted by Crippen LogP contribution is -2.34. The van der Waals surface area contributed by atoms with Crippen LogP contribution in [0.15, 0.2) is 67.1 Å². The van der Waals surface area contributed by atoms with E-state index in [0.29, 0.717) is 70.4 Å². The van der Waals surface area contributed by atoms with Gasteiger partial charge in [-0.25, -0.2) is 14.5 Å². The van der Waals surface area contributed by atoms with Crippen molar-refractivity contribution in [2.75, 3.05) is 17.7 Å². The lowest BCUT2D eigenvalue weighted by molar-refractivity contribution is -0.614. The summed E-state index contributed by atoms with van der Waals surface area (Å²) < 4.78 is 7.38. The number of aromatic amines is 1. The summed E-state index contributed by atoms with van der Waals surface area (Å²) in [5, 5.41) is 24.3. The zero-order chi connectivity index (χ0) is 31.7. The van der Waals surface area contributed by atoms with Crippen LogP contribution in [-0.4, -0.2) is 38.9 Å². The summed E-state index contributed by atoms with van der Waals surface area (Å²) in [6.07, 6.45) is 6.88. The van der Waals surface area contributed by atoms with Crippen LogP contribution in [0.3, 0.4) is 0 Å². The third-order valence-corrected chi connectivity index (χ3v) is 8.13. The number of hydrogen-bond donors (Lipinski definition) is 3. The van der Waals surface area contributed by atoms with Crippen LogP contribution >= 0.6 is 11.6 Å². The molecule has 0 unspecified atom stereocenters. The molecule has 1 aliphatic heterocycles. The predicted molar refractivity (Wildman–Crippen MR) is 171 cm³/mol. The average Bonchev–Trinajstić information content (AvgIpc) is 3.62. The second-order valence-electron chi connectivity index (χ2n) is 11.1. The number of nitrogens with zero attached hydrogens (tertiary/aromatic N) is 4. The van der Waals surface area contributed by atoms with Gasteiger partial charge in [0.25, 0.3) is 0 Å². The smallest absolute Gasteiger partial charge is 0.411 e. The number of H-pyrrole nitrogens is 1. The van der Waals surface area contributed by atoms with Gasteiger partial charge < -0.3 is 20.2 Å². The number of aromatic nitrogens is 5. The molecule has 0 saturated carbocycles. The molecule has 1 atom stereocenters. The number of carbonyl (C=O) groups excluding carboxylic acids is 2. The van der Waals surface area contributed by atoms with Gasteiger partial charge in [-0.2, -0.15) is 9.83 Å². The summed E-state index contributed by atoms with van der Waals surface area (Å²) in [5.74, 6) is 0.165. The number of ether oxygens (including phenoxy) is 1. The number of carbonyl (C=O) groups is 2. The van der Waals surface area contributed by atoms with Crippen molar-refractivity contribution >= 4 is 35.0 Å². The van der Waals surface area contributed by atoms with Crippen molar-refractivity contribution < 1.29 is 19.1 Å². The molecule has 0 fully saturated rings. The first-order chi connectivity index (χ1) is 21.7. The van der Waals surface area contributed by atoms with Gasteiger partial charge in [-0.15, -0.1) is 0 Å². The van der Waals surface area contributed by atoms with Crippen LogP contribution in [0, 0.1) is 19.1 Å². The second kappa shape index (κ2) is 12.4. The number of nitrogens with one attached hydrogen (secondary N) is 3. The maximum atomic E-state index is 13.7. The Morgan fingerprint density at radius 1 is 1.13 bits per heavy atom. The minimum Gasteiger partial charge on any atom is -0.618 e. The summed E-state index contributed by atoms with van der Waals surface area (Å²) in [6.45, 7) is 3.87. The molecule has 2 bridgehead atoms. The van der Waals surface area contributed by atoms with Gasteiger partial charge in [-0.05, 0) is 74.7 Å². The molecule has 45 heavy (non-hydrogen) atoms. The molecule has 2 aromatic carbocycles. The van der Waals surface area contributed by atoms with Crippen LogP contribution in [-0.2, 0) is 9.53 Å². The van der Waals surface area contributed by atoms with E-state index in [0.717, 1.165) is 27.2 Å². The number of pyridine rings is 1. The number of benzene rings is 2. The Bertz CT molecular complexity index is 1920. The third kappa shape index (κ3) is 6.25. The highest BCUT2D eigenvalue weighted by atomic mass is 35.5. The minimum absolute atomic E-state index is 0.148. The Labute approximate surface area is 264 Å². The molecule has 5 aromatic rings. The molecule has 3 N–H and O–H groups in total. The Morgan fingerprint density at radius 3 is 2.73 bits per heavy atom. The van der Waals surface area contributed by atoms with Gasteiger partial charge in [0.2, 0.25) is 11.6 Å². The van der Waals surface area contributed by atoms with Gasteiger partial charge in [-0.1, -0.05) is 18.0 Å². The van der Waals surface area contributed by atoms with E-state index in [4.69, 9.17) is 21.3 Å². The fourth-order valence-electron chi connectivity index (χ4n) is 5.69. The number of fused-ring (bicyclic) bond motifs is 4. The quantitative estimate of drug-likeness (QED) is 0.151. The van der Waals surface area contributed by atoms with E-state index >= 15 is 0 Å². The Kier molecular flexibility index (Phi) is 8.27. The maximum absolute atomic E-state index is 13.7. The van der Waals surface area contributed by atoms with E-state index in [9.17, 15) is 14.8 Å². The number of aryl methyl sites for hydroxylation is 2. The number of hydrogen-bond acceptors (Lipinski definition) is 6. The largest absolute Gasteiger partial charge is 0.618 e. The van der Waals surface area contributed by atoms with Gasteiger partial charge >= 0.3 is 6.09 Å². The van der Waals surface area contributed by atoms with E-state index in [-0.39, 0.29) is 11.8 Å². The Balaban J connectivity index is 1.40. The van der Waals surface area contributed by atoms with E-state index in [1.807, 2.05) is 44.3 Å². The zero-order valence-corrected chi connectivity index (χ0v) is 25.8. The fraction of sp³-hybridized carbons (Fsp3) is 0.242. The molecule has 1 aliphatic rings. The summed E-state index contributed by atoms with van der Waals surface area (Å²) >= 11 is 6.38. The van der Waals surface area contributed by atoms with Crippen molar-refractivity contribution in [3.8, 4) is 28.1 Å². The fourth-order valence-corrected chi connectivity index (χ4v) is 5.86. The first kappa shape index (κ1) is 29.9. The monoisotopic (exact) mass is 625 g/mol. The summed E-state index contributed by atoms with van der Waals surface area (Å²) in [6, 6.07) is 14.5. The summed E-state index contributed by atoms with van der Waals surface area (Å²) in [7, 11) is 1.28. The van der Waals surface area contributed by atoms with Crippen molar-refractivity contribution in [3.05, 3.63) is 100 Å². The molecule has 4 heterocycles. The van der Waals surface area contributed by atoms with Crippen molar-refractivity contribution in [1.29, 1.82) is 0 Å². The molecule has 3 aromatic heterocycles. The number of methoxy groups -OCH3 is 1. The summed E-state index contributed by atoms with van der Waals surface area (Å²) in [5.41, 5.74) is 6.93. The zero-order valence-electron chi connectivity index (χ0n) is 25.1. The van der Waals surface area contributed by atoms with Gasteiger partial charge in [0, 0.05) is 51.8 Å². The second-order valence-corrected chi connectivity index (χ2v) is 11.5. The van der Waals surface area contributed by atoms with Gasteiger partial charge in [0.15, 0.2) is 6.20 Å². The lowest BCUT2D eigenvalue weighted by Gasteiger charge is -2.17. The molecule has 11 nitrogen and oxygen atoms in total. The molecular formula is C33H32ClN7O4. The normalized spacial score (nSPS) is 14.9. The molecule has 6 rings (SSSR count). The molecule has 0 aliphatic carbocycles. The molecule has 12 heteroatoms. The van der Waals surface area contributed by atoms with Gasteiger partial charge in [0.05, 0.1) is 30.4 Å². The standard InChI is InChI=1S/C33H32ClN7O4/c1-19-16-35-40(17-19)28-13-9-22(34)14-26(28)21-8-12-29(41(44)18-21)25-6-4-5-7-30(42)38-27-15-23(37-33(43)45-3)10-11-24(27)31-20(2)36-32(25)39-31/h8-18,25H,4-7H2,1-3H3,(H,36,39)(H,37,43)(H,38,42)/t25-/m1/s1. The topological polar surface area (TPSA) is 141 Å². The van der Waals surface area contributed by atoms with E-state index in [1.54, 1.807) is 41.3 Å². The van der Waals surface area contributed by atoms with Crippen molar-refractivity contribution in [2.45, 2.75) is 45.4 Å². The van der Waals surface area contributed by atoms with Crippen LogP contribution in [0.5, 0.6) is 0 Å². The Hall–Kier alpha value is -5.16. The third-order valence-electron chi connectivity index (χ3n) is 7.89. The molecule has 2 amide bonds. The number of rotatable bonds is 4. The van der Waals surface area contributed by atoms with E-state index in [1.165, 1.54) is 7.11 Å². The first-order valence-corrected chi connectivity index (χ1v) is 15.0. The molecule has 0 spiro atoms. The van der Waals surface area contributed by atoms with Crippen LogP contribution in [0.4, 0.5) is 16.2 Å². The number of anilines is 2. The number of imidazole rings is 1. The highest BCUT2D eigenvalue weighted by Gasteiger charge is 2.28. The maximum Gasteiger partial charge on any atom is 0.411 e. The molecule has 230 valence electrons. The first-order valence-electron chi connectivity index (χ1n) is 14.6. The SMILES string of the molecule is COC(=O)Nc1ccc2c(c1)NC(=O)CCCC[C@H](c1ccc(-c3cc(Cl)ccc3-n3cc(C)cn3)c[n+]1[O-])c1nc-2c(C)[nH]1.